The van der Waals surface area contributed by atoms with Gasteiger partial charge in [-0.2, -0.15) is 0 Å². The highest BCUT2D eigenvalue weighted by atomic mass is 16.6. The van der Waals surface area contributed by atoms with Crippen LogP contribution in [0, 0.1) is 10.1 Å². The topological polar surface area (TPSA) is 104 Å². The van der Waals surface area contributed by atoms with Crippen molar-refractivity contribution in [3.63, 3.8) is 0 Å². The molecule has 0 saturated heterocycles. The standard InChI is InChI=1S/C20H17N3O4/c24-19-11-10-15(12-14-6-2-1-3-7-14)13-16(19)20(25)22-21-17-8-4-5-9-18(17)23(26)27/h1-11,13,21,24H,12H2,(H,22,25). The quantitative estimate of drug-likeness (QED) is 0.458. The molecule has 0 radical (unpaired) electrons. The average molecular weight is 363 g/mol. The average Bonchev–Trinajstić information content (AvgIpc) is 2.68. The first-order valence-electron chi connectivity index (χ1n) is 8.20. The molecule has 0 unspecified atom stereocenters. The molecule has 0 aromatic heterocycles. The predicted octanol–water partition coefficient (Wildman–Crippen LogP) is 3.65. The maximum absolute atomic E-state index is 12.4. The van der Waals surface area contributed by atoms with Gasteiger partial charge in [0, 0.05) is 6.07 Å². The van der Waals surface area contributed by atoms with Gasteiger partial charge in [-0.15, -0.1) is 0 Å². The van der Waals surface area contributed by atoms with Crippen LogP contribution in [0.25, 0.3) is 0 Å². The molecule has 3 aromatic carbocycles. The summed E-state index contributed by atoms with van der Waals surface area (Å²) in [4.78, 5) is 22.9. The minimum absolute atomic E-state index is 0.0783. The molecule has 0 saturated carbocycles. The van der Waals surface area contributed by atoms with Gasteiger partial charge in [0.05, 0.1) is 10.5 Å². The van der Waals surface area contributed by atoms with Gasteiger partial charge in [0.1, 0.15) is 11.4 Å². The number of carbonyl (C=O) groups excluding carboxylic acids is 1. The van der Waals surface area contributed by atoms with Crippen molar-refractivity contribution >= 4 is 17.3 Å². The summed E-state index contributed by atoms with van der Waals surface area (Å²) in [5, 5.41) is 21.0. The van der Waals surface area contributed by atoms with Crippen LogP contribution in [0.3, 0.4) is 0 Å². The van der Waals surface area contributed by atoms with Gasteiger partial charge in [0.15, 0.2) is 0 Å². The Morgan fingerprint density at radius 3 is 2.41 bits per heavy atom. The first kappa shape index (κ1) is 17.9. The second-order valence-electron chi connectivity index (χ2n) is 5.87. The van der Waals surface area contributed by atoms with Crippen molar-refractivity contribution in [3.8, 4) is 5.75 Å². The third-order valence-electron chi connectivity index (χ3n) is 3.97. The number of phenolic OH excluding ortho intramolecular Hbond substituents is 1. The molecule has 3 N–H and O–H groups in total. The Balaban J connectivity index is 1.75. The molecule has 0 atom stereocenters. The van der Waals surface area contributed by atoms with Crippen molar-refractivity contribution in [2.45, 2.75) is 6.42 Å². The summed E-state index contributed by atoms with van der Waals surface area (Å²) in [6, 6.07) is 20.5. The number of aromatic hydroxyl groups is 1. The highest BCUT2D eigenvalue weighted by molar-refractivity contribution is 5.97. The van der Waals surface area contributed by atoms with Crippen LogP contribution in [0.1, 0.15) is 21.5 Å². The van der Waals surface area contributed by atoms with Gasteiger partial charge in [0.2, 0.25) is 0 Å². The molecule has 3 aromatic rings. The highest BCUT2D eigenvalue weighted by Crippen LogP contribution is 2.23. The van der Waals surface area contributed by atoms with Crippen LogP contribution in [-0.4, -0.2) is 15.9 Å². The van der Waals surface area contributed by atoms with Gasteiger partial charge in [-0.25, -0.2) is 0 Å². The van der Waals surface area contributed by atoms with Crippen LogP contribution >= 0.6 is 0 Å². The molecule has 0 aliphatic rings. The lowest BCUT2D eigenvalue weighted by atomic mass is 10.0. The number of hydrazine groups is 1. The van der Waals surface area contributed by atoms with E-state index in [1.807, 2.05) is 30.3 Å². The SMILES string of the molecule is O=C(NNc1ccccc1[N+](=O)[O-])c1cc(Cc2ccccc2)ccc1O. The van der Waals surface area contributed by atoms with Gasteiger partial charge in [-0.1, -0.05) is 48.5 Å². The molecule has 7 nitrogen and oxygen atoms in total. The van der Waals surface area contributed by atoms with Gasteiger partial charge < -0.3 is 5.11 Å². The molecule has 0 heterocycles. The van der Waals surface area contributed by atoms with Crippen LogP contribution in [-0.2, 0) is 6.42 Å². The third kappa shape index (κ3) is 4.40. The first-order chi connectivity index (χ1) is 13.0. The van der Waals surface area contributed by atoms with Crippen molar-refractivity contribution in [2.75, 3.05) is 5.43 Å². The molecule has 0 aliphatic heterocycles. The molecule has 0 aliphatic carbocycles. The van der Waals surface area contributed by atoms with Crippen molar-refractivity contribution in [2.24, 2.45) is 0 Å². The van der Waals surface area contributed by atoms with E-state index in [1.54, 1.807) is 18.2 Å². The number of anilines is 1. The summed E-state index contributed by atoms with van der Waals surface area (Å²) in [7, 11) is 0. The number of hydrogen-bond donors (Lipinski definition) is 3. The zero-order chi connectivity index (χ0) is 19.2. The fraction of sp³-hybridized carbons (Fsp3) is 0.0500. The number of nitro benzene ring substituents is 1. The number of nitro groups is 1. The summed E-state index contributed by atoms with van der Waals surface area (Å²) in [5.41, 5.74) is 6.92. The molecule has 7 heteroatoms. The van der Waals surface area contributed by atoms with Gasteiger partial charge >= 0.3 is 0 Å². The lowest BCUT2D eigenvalue weighted by Crippen LogP contribution is -2.29. The van der Waals surface area contributed by atoms with Gasteiger partial charge in [0.25, 0.3) is 11.6 Å². The fourth-order valence-electron chi connectivity index (χ4n) is 2.64. The number of amides is 1. The smallest absolute Gasteiger partial charge is 0.294 e. The summed E-state index contributed by atoms with van der Waals surface area (Å²) in [6.45, 7) is 0. The fourth-order valence-corrected chi connectivity index (χ4v) is 2.64. The molecule has 3 rings (SSSR count). The molecule has 0 spiro atoms. The van der Waals surface area contributed by atoms with Crippen molar-refractivity contribution in [1.29, 1.82) is 0 Å². The zero-order valence-electron chi connectivity index (χ0n) is 14.3. The molecule has 1 amide bonds. The summed E-state index contributed by atoms with van der Waals surface area (Å²) in [5.74, 6) is -0.769. The molecular formula is C20H17N3O4. The van der Waals surface area contributed by atoms with Crippen LogP contribution in [0.15, 0.2) is 72.8 Å². The molecule has 0 fully saturated rings. The minimum Gasteiger partial charge on any atom is -0.507 e. The van der Waals surface area contributed by atoms with E-state index in [0.29, 0.717) is 6.42 Å². The maximum Gasteiger partial charge on any atom is 0.294 e. The monoisotopic (exact) mass is 363 g/mol. The van der Waals surface area contributed by atoms with E-state index >= 15 is 0 Å². The van der Waals surface area contributed by atoms with Gasteiger partial charge in [-0.05, 0) is 35.7 Å². The molecule has 136 valence electrons. The number of phenols is 1. The number of para-hydroxylation sites is 2. The van der Waals surface area contributed by atoms with E-state index in [9.17, 15) is 20.0 Å². The minimum atomic E-state index is -0.597. The van der Waals surface area contributed by atoms with Crippen molar-refractivity contribution in [3.05, 3.63) is 99.6 Å². The number of benzene rings is 3. The number of hydrogen-bond acceptors (Lipinski definition) is 5. The van der Waals surface area contributed by atoms with Gasteiger partial charge in [-0.3, -0.25) is 25.8 Å². The number of rotatable bonds is 6. The summed E-state index contributed by atoms with van der Waals surface area (Å²) in [6.07, 6.45) is 0.610. The Morgan fingerprint density at radius 2 is 1.67 bits per heavy atom. The van der Waals surface area contributed by atoms with Crippen LogP contribution in [0.4, 0.5) is 11.4 Å². The van der Waals surface area contributed by atoms with Crippen LogP contribution in [0.2, 0.25) is 0 Å². The maximum atomic E-state index is 12.4. The van der Waals surface area contributed by atoms with E-state index in [0.717, 1.165) is 11.1 Å². The Kier molecular flexibility index (Phi) is 5.32. The van der Waals surface area contributed by atoms with E-state index in [2.05, 4.69) is 10.9 Å². The normalized spacial score (nSPS) is 10.2. The van der Waals surface area contributed by atoms with Crippen molar-refractivity contribution in [1.82, 2.24) is 5.43 Å². The zero-order valence-corrected chi connectivity index (χ0v) is 14.3. The Morgan fingerprint density at radius 1 is 0.963 bits per heavy atom. The Bertz CT molecular complexity index is 974. The lowest BCUT2D eigenvalue weighted by molar-refractivity contribution is -0.384. The first-order valence-corrected chi connectivity index (χ1v) is 8.20. The molecule has 0 bridgehead atoms. The third-order valence-corrected chi connectivity index (χ3v) is 3.97. The van der Waals surface area contributed by atoms with Crippen LogP contribution < -0.4 is 10.9 Å². The Labute approximate surface area is 155 Å². The number of nitrogens with one attached hydrogen (secondary N) is 2. The van der Waals surface area contributed by atoms with E-state index in [-0.39, 0.29) is 22.7 Å². The number of nitrogens with zero attached hydrogens (tertiary/aromatic N) is 1. The summed E-state index contributed by atoms with van der Waals surface area (Å²) < 4.78 is 0. The molecular weight excluding hydrogens is 346 g/mol. The predicted molar refractivity (Wildman–Crippen MR) is 102 cm³/mol. The Hall–Kier alpha value is -3.87. The second-order valence-corrected chi connectivity index (χ2v) is 5.87. The van der Waals surface area contributed by atoms with E-state index in [4.69, 9.17) is 0 Å². The lowest BCUT2D eigenvalue weighted by Gasteiger charge is -2.11. The second kappa shape index (κ2) is 8.01. The van der Waals surface area contributed by atoms with Crippen LogP contribution in [0.5, 0.6) is 5.75 Å². The van der Waals surface area contributed by atoms with E-state index in [1.165, 1.54) is 24.3 Å². The highest BCUT2D eigenvalue weighted by Gasteiger charge is 2.15. The largest absolute Gasteiger partial charge is 0.507 e. The van der Waals surface area contributed by atoms with E-state index < -0.39 is 10.8 Å². The van der Waals surface area contributed by atoms with Crippen molar-refractivity contribution < 1.29 is 14.8 Å². The number of carbonyl (C=O) groups is 1. The summed E-state index contributed by atoms with van der Waals surface area (Å²) >= 11 is 0. The molecule has 27 heavy (non-hydrogen) atoms.